The highest BCUT2D eigenvalue weighted by atomic mass is 35.5. The summed E-state index contributed by atoms with van der Waals surface area (Å²) in [5.41, 5.74) is 0.763. The van der Waals surface area contributed by atoms with Crippen molar-refractivity contribution in [3.05, 3.63) is 30.3 Å². The molecule has 140 valence electrons. The third-order valence-corrected chi connectivity index (χ3v) is 4.29. The maximum Gasteiger partial charge on any atom is 0.319 e. The van der Waals surface area contributed by atoms with Crippen LogP contribution in [0.1, 0.15) is 32.1 Å². The van der Waals surface area contributed by atoms with Crippen LogP contribution in [0, 0.1) is 0 Å². The molecule has 1 aliphatic rings. The Morgan fingerprint density at radius 1 is 1.20 bits per heavy atom. The van der Waals surface area contributed by atoms with E-state index in [0.717, 1.165) is 44.5 Å². The molecule has 3 amide bonds. The van der Waals surface area contributed by atoms with Crippen LogP contribution in [-0.4, -0.2) is 49.6 Å². The second-order valence-corrected chi connectivity index (χ2v) is 6.14. The second-order valence-electron chi connectivity index (χ2n) is 6.14. The highest BCUT2D eigenvalue weighted by molar-refractivity contribution is 5.89. The van der Waals surface area contributed by atoms with E-state index in [9.17, 15) is 9.59 Å². The molecule has 0 saturated carbocycles. The van der Waals surface area contributed by atoms with E-state index in [1.54, 1.807) is 0 Å². The first-order chi connectivity index (χ1) is 11.7. The lowest BCUT2D eigenvalue weighted by Gasteiger charge is -2.36. The zero-order valence-corrected chi connectivity index (χ0v) is 15.6. The molecular weight excluding hydrogens is 340 g/mol. The standard InChI is InChI=1S/C18H28N4O2.ClH/c1-19-12-7-11-17(23)22-13-6-5-10-16(22)14-20-18(24)21-15-8-3-2-4-9-15;/h2-4,8-9,16,19H,5-7,10-14H2,1H3,(H2,20,21,24);1H. The van der Waals surface area contributed by atoms with Crippen molar-refractivity contribution in [3.63, 3.8) is 0 Å². The van der Waals surface area contributed by atoms with Crippen molar-refractivity contribution in [2.45, 2.75) is 38.1 Å². The summed E-state index contributed by atoms with van der Waals surface area (Å²) in [5.74, 6) is 0.195. The Kier molecular flexibility index (Phi) is 9.96. The first-order valence-electron chi connectivity index (χ1n) is 8.74. The lowest BCUT2D eigenvalue weighted by molar-refractivity contribution is -0.134. The summed E-state index contributed by atoms with van der Waals surface area (Å²) in [7, 11) is 1.89. The van der Waals surface area contributed by atoms with Crippen LogP contribution >= 0.6 is 12.4 Å². The summed E-state index contributed by atoms with van der Waals surface area (Å²) in [6.45, 7) is 2.14. The second kappa shape index (κ2) is 11.7. The Balaban J connectivity index is 0.00000312. The Morgan fingerprint density at radius 2 is 1.96 bits per heavy atom. The molecule has 1 saturated heterocycles. The number of amides is 3. The molecule has 0 radical (unpaired) electrons. The van der Waals surface area contributed by atoms with Crippen molar-refractivity contribution in [2.24, 2.45) is 0 Å². The van der Waals surface area contributed by atoms with Gasteiger partial charge in [0.2, 0.25) is 5.91 Å². The monoisotopic (exact) mass is 368 g/mol. The van der Waals surface area contributed by atoms with Gasteiger partial charge in [-0.15, -0.1) is 12.4 Å². The maximum absolute atomic E-state index is 12.4. The summed E-state index contributed by atoms with van der Waals surface area (Å²) >= 11 is 0. The SMILES string of the molecule is CNCCCC(=O)N1CCCCC1CNC(=O)Nc1ccccc1.Cl. The molecular formula is C18H29ClN4O2. The van der Waals surface area contributed by atoms with Crippen LogP contribution in [0.3, 0.4) is 0 Å². The van der Waals surface area contributed by atoms with Crippen LogP contribution < -0.4 is 16.0 Å². The van der Waals surface area contributed by atoms with E-state index < -0.39 is 0 Å². The topological polar surface area (TPSA) is 73.5 Å². The summed E-state index contributed by atoms with van der Waals surface area (Å²) < 4.78 is 0. The fourth-order valence-electron chi connectivity index (χ4n) is 3.01. The van der Waals surface area contributed by atoms with Crippen molar-refractivity contribution >= 4 is 30.0 Å². The van der Waals surface area contributed by atoms with Gasteiger partial charge in [-0.05, 0) is 51.4 Å². The highest BCUT2D eigenvalue weighted by Crippen LogP contribution is 2.18. The van der Waals surface area contributed by atoms with Gasteiger partial charge in [-0.1, -0.05) is 18.2 Å². The van der Waals surface area contributed by atoms with Crippen molar-refractivity contribution in [3.8, 4) is 0 Å². The number of hydrogen-bond acceptors (Lipinski definition) is 3. The highest BCUT2D eigenvalue weighted by Gasteiger charge is 2.26. The normalized spacial score (nSPS) is 16.7. The number of para-hydroxylation sites is 1. The van der Waals surface area contributed by atoms with Gasteiger partial charge < -0.3 is 20.9 Å². The number of rotatable bonds is 7. The Labute approximate surface area is 156 Å². The molecule has 3 N–H and O–H groups in total. The van der Waals surface area contributed by atoms with Gasteiger partial charge in [0.15, 0.2) is 0 Å². The molecule has 2 rings (SSSR count). The maximum atomic E-state index is 12.4. The Bertz CT molecular complexity index is 527. The number of carbonyl (C=O) groups is 2. The molecule has 6 nitrogen and oxygen atoms in total. The molecule has 1 fully saturated rings. The van der Waals surface area contributed by atoms with Crippen LogP contribution in [0.5, 0.6) is 0 Å². The predicted molar refractivity (Wildman–Crippen MR) is 103 cm³/mol. The molecule has 25 heavy (non-hydrogen) atoms. The molecule has 1 aromatic carbocycles. The molecule has 1 aromatic rings. The number of urea groups is 1. The largest absolute Gasteiger partial charge is 0.338 e. The zero-order valence-electron chi connectivity index (χ0n) is 14.8. The first-order valence-corrected chi connectivity index (χ1v) is 8.74. The predicted octanol–water partition coefficient (Wildman–Crippen LogP) is 2.61. The minimum atomic E-state index is -0.227. The molecule has 1 heterocycles. The van der Waals surface area contributed by atoms with Gasteiger partial charge in [-0.2, -0.15) is 0 Å². The third-order valence-electron chi connectivity index (χ3n) is 4.29. The van der Waals surface area contributed by atoms with Crippen LogP contribution in [0.25, 0.3) is 0 Å². The van der Waals surface area contributed by atoms with Gasteiger partial charge in [0.25, 0.3) is 0 Å². The number of hydrogen-bond donors (Lipinski definition) is 3. The smallest absolute Gasteiger partial charge is 0.319 e. The number of piperidine rings is 1. The number of nitrogens with one attached hydrogen (secondary N) is 3. The number of likely N-dealkylation sites (tertiary alicyclic amines) is 1. The fourth-order valence-corrected chi connectivity index (χ4v) is 3.01. The average Bonchev–Trinajstić information content (AvgIpc) is 2.61. The van der Waals surface area contributed by atoms with E-state index in [-0.39, 0.29) is 30.4 Å². The molecule has 0 aliphatic carbocycles. The van der Waals surface area contributed by atoms with Crippen molar-refractivity contribution < 1.29 is 9.59 Å². The lowest BCUT2D eigenvalue weighted by Crippen LogP contribution is -2.50. The van der Waals surface area contributed by atoms with E-state index in [2.05, 4.69) is 16.0 Å². The number of anilines is 1. The van der Waals surface area contributed by atoms with Gasteiger partial charge in [0.1, 0.15) is 0 Å². The van der Waals surface area contributed by atoms with E-state index >= 15 is 0 Å². The van der Waals surface area contributed by atoms with Crippen LogP contribution in [0.2, 0.25) is 0 Å². The lowest BCUT2D eigenvalue weighted by atomic mass is 10.0. The zero-order chi connectivity index (χ0) is 17.2. The summed E-state index contributed by atoms with van der Waals surface area (Å²) in [4.78, 5) is 26.3. The van der Waals surface area contributed by atoms with E-state index in [4.69, 9.17) is 0 Å². The van der Waals surface area contributed by atoms with Crippen LogP contribution in [0.4, 0.5) is 10.5 Å². The van der Waals surface area contributed by atoms with E-state index in [0.29, 0.717) is 13.0 Å². The fraction of sp³-hybridized carbons (Fsp3) is 0.556. The average molecular weight is 369 g/mol. The molecule has 1 atom stereocenters. The summed E-state index contributed by atoms with van der Waals surface area (Å²) in [6, 6.07) is 9.22. The number of halogens is 1. The van der Waals surface area contributed by atoms with E-state index in [1.165, 1.54) is 0 Å². The van der Waals surface area contributed by atoms with Gasteiger partial charge in [0.05, 0.1) is 0 Å². The Hall–Kier alpha value is -1.79. The molecule has 0 spiro atoms. The quantitative estimate of drug-likeness (QED) is 0.648. The molecule has 0 aromatic heterocycles. The van der Waals surface area contributed by atoms with Gasteiger partial charge >= 0.3 is 6.03 Å². The number of carbonyl (C=O) groups excluding carboxylic acids is 2. The van der Waals surface area contributed by atoms with Crippen LogP contribution in [-0.2, 0) is 4.79 Å². The summed E-state index contributed by atoms with van der Waals surface area (Å²) in [6.07, 6.45) is 4.51. The first kappa shape index (κ1) is 21.3. The third kappa shape index (κ3) is 7.32. The van der Waals surface area contributed by atoms with Crippen molar-refractivity contribution in [1.82, 2.24) is 15.5 Å². The molecule has 1 unspecified atom stereocenters. The van der Waals surface area contributed by atoms with Crippen molar-refractivity contribution in [1.29, 1.82) is 0 Å². The molecule has 7 heteroatoms. The minimum absolute atomic E-state index is 0. The molecule has 0 bridgehead atoms. The van der Waals surface area contributed by atoms with Gasteiger partial charge in [0, 0.05) is 31.2 Å². The van der Waals surface area contributed by atoms with E-state index in [1.807, 2.05) is 42.3 Å². The van der Waals surface area contributed by atoms with Crippen molar-refractivity contribution in [2.75, 3.05) is 32.0 Å². The van der Waals surface area contributed by atoms with Gasteiger partial charge in [-0.25, -0.2) is 4.79 Å². The summed E-state index contributed by atoms with van der Waals surface area (Å²) in [5, 5.41) is 8.77. The Morgan fingerprint density at radius 3 is 2.68 bits per heavy atom. The van der Waals surface area contributed by atoms with Gasteiger partial charge in [-0.3, -0.25) is 4.79 Å². The number of benzene rings is 1. The molecule has 1 aliphatic heterocycles. The number of nitrogens with zero attached hydrogens (tertiary/aromatic N) is 1. The minimum Gasteiger partial charge on any atom is -0.338 e. The van der Waals surface area contributed by atoms with Crippen LogP contribution in [0.15, 0.2) is 30.3 Å².